The lowest BCUT2D eigenvalue weighted by atomic mass is 10.0. The Balaban J connectivity index is 1.87. The van der Waals surface area contributed by atoms with Crippen molar-refractivity contribution in [3.63, 3.8) is 0 Å². The van der Waals surface area contributed by atoms with Gasteiger partial charge in [0.15, 0.2) is 11.5 Å². The van der Waals surface area contributed by atoms with Crippen LogP contribution >= 0.6 is 0 Å². The van der Waals surface area contributed by atoms with E-state index >= 15 is 0 Å². The monoisotopic (exact) mass is 273 g/mol. The molecule has 0 spiro atoms. The van der Waals surface area contributed by atoms with Crippen LogP contribution in [-0.4, -0.2) is 18.9 Å². The molecule has 0 amide bonds. The average molecular weight is 273 g/mol. The zero-order valence-corrected chi connectivity index (χ0v) is 12.0. The van der Waals surface area contributed by atoms with Crippen LogP contribution in [0, 0.1) is 5.92 Å². The van der Waals surface area contributed by atoms with Crippen LogP contribution in [0.1, 0.15) is 44.9 Å². The van der Waals surface area contributed by atoms with E-state index in [0.29, 0.717) is 30.2 Å². The molecule has 0 heterocycles. The van der Waals surface area contributed by atoms with Crippen molar-refractivity contribution < 1.29 is 9.53 Å². The molecule has 1 fully saturated rings. The van der Waals surface area contributed by atoms with Crippen molar-refractivity contribution in [2.24, 2.45) is 11.7 Å². The molecule has 2 rings (SSSR count). The lowest BCUT2D eigenvalue weighted by molar-refractivity contribution is -0.115. The Hall–Kier alpha value is -1.53. The van der Waals surface area contributed by atoms with Crippen molar-refractivity contribution in [3.8, 4) is 0 Å². The van der Waals surface area contributed by atoms with Crippen molar-refractivity contribution in [1.82, 2.24) is 0 Å². The quantitative estimate of drug-likeness (QED) is 0.598. The molecule has 0 radical (unpaired) electrons. The smallest absolute Gasteiger partial charge is 0.171 e. The molecular weight excluding hydrogens is 250 g/mol. The predicted octanol–water partition coefficient (Wildman–Crippen LogP) is 3.03. The highest BCUT2D eigenvalue weighted by molar-refractivity contribution is 5.98. The van der Waals surface area contributed by atoms with Crippen LogP contribution in [0.5, 0.6) is 0 Å². The number of hydrogen-bond acceptors (Lipinski definition) is 3. The van der Waals surface area contributed by atoms with Gasteiger partial charge < -0.3 is 10.5 Å². The Bertz CT molecular complexity index is 469. The first-order chi connectivity index (χ1) is 9.79. The molecule has 0 aromatic carbocycles. The standard InChI is InChI=1S/C17H23NO2/c18-11-10-17(19)15-8-5-9-16(12-15)20-13-14-6-3-1-2-4-7-14/h8,12,14H,1-4,6-7,10-11,13,18H2. The third-order valence-electron chi connectivity index (χ3n) is 3.85. The van der Waals surface area contributed by atoms with Crippen molar-refractivity contribution in [1.29, 1.82) is 0 Å². The normalized spacial score (nSPS) is 19.2. The van der Waals surface area contributed by atoms with E-state index in [4.69, 9.17) is 10.5 Å². The van der Waals surface area contributed by atoms with Crippen molar-refractivity contribution in [2.45, 2.75) is 44.9 Å². The molecule has 0 aliphatic heterocycles. The maximum atomic E-state index is 11.8. The Morgan fingerprint density at radius 2 is 2.05 bits per heavy atom. The summed E-state index contributed by atoms with van der Waals surface area (Å²) in [5, 5.41) is 0. The number of nitrogens with two attached hydrogens (primary N) is 1. The van der Waals surface area contributed by atoms with Crippen LogP contribution in [0.3, 0.4) is 0 Å². The van der Waals surface area contributed by atoms with Gasteiger partial charge in [-0.05, 0) is 37.1 Å². The maximum absolute atomic E-state index is 11.8. The van der Waals surface area contributed by atoms with Crippen LogP contribution in [-0.2, 0) is 9.53 Å². The van der Waals surface area contributed by atoms with Gasteiger partial charge in [-0.2, -0.15) is 0 Å². The van der Waals surface area contributed by atoms with Crippen LogP contribution in [0.2, 0.25) is 0 Å². The number of carbonyl (C=O) groups excluding carboxylic acids is 1. The molecule has 0 aromatic rings. The van der Waals surface area contributed by atoms with Gasteiger partial charge in [0.05, 0.1) is 6.61 Å². The molecule has 2 N–H and O–H groups in total. The number of Topliss-reactive ketones (excluding diaryl/α,β-unsaturated/α-hetero) is 1. The first kappa shape index (κ1) is 14.9. The van der Waals surface area contributed by atoms with Gasteiger partial charge in [-0.3, -0.25) is 4.79 Å². The van der Waals surface area contributed by atoms with Crippen molar-refractivity contribution >= 4 is 5.78 Å². The van der Waals surface area contributed by atoms with E-state index in [0.717, 1.165) is 6.61 Å². The van der Waals surface area contributed by atoms with E-state index in [1.54, 1.807) is 12.2 Å². The zero-order valence-electron chi connectivity index (χ0n) is 12.0. The average Bonchev–Trinajstić information content (AvgIpc) is 2.74. The Labute approximate surface area is 120 Å². The molecule has 0 unspecified atom stereocenters. The molecule has 20 heavy (non-hydrogen) atoms. The fourth-order valence-corrected chi connectivity index (χ4v) is 2.66. The largest absolute Gasteiger partial charge is 0.485 e. The second kappa shape index (κ2) is 7.91. The number of rotatable bonds is 6. The Kier molecular flexibility index (Phi) is 5.88. The van der Waals surface area contributed by atoms with Gasteiger partial charge in [-0.25, -0.2) is 0 Å². The highest BCUT2D eigenvalue weighted by atomic mass is 16.5. The van der Waals surface area contributed by atoms with Gasteiger partial charge in [0.25, 0.3) is 0 Å². The van der Waals surface area contributed by atoms with Crippen molar-refractivity contribution in [2.75, 3.05) is 13.2 Å². The fraction of sp³-hybridized carbons (Fsp3) is 0.588. The maximum Gasteiger partial charge on any atom is 0.171 e. The second-order valence-electron chi connectivity index (χ2n) is 5.51. The third kappa shape index (κ3) is 4.54. The topological polar surface area (TPSA) is 52.3 Å². The van der Waals surface area contributed by atoms with Gasteiger partial charge >= 0.3 is 0 Å². The zero-order chi connectivity index (χ0) is 14.2. The minimum atomic E-state index is 0.0390. The molecule has 3 nitrogen and oxygen atoms in total. The molecule has 2 aliphatic rings. The summed E-state index contributed by atoms with van der Waals surface area (Å²) in [5.41, 5.74) is 11.8. The summed E-state index contributed by atoms with van der Waals surface area (Å²) in [6.07, 6.45) is 11.6. The molecule has 1 saturated carbocycles. The van der Waals surface area contributed by atoms with E-state index in [2.05, 4.69) is 11.5 Å². The lowest BCUT2D eigenvalue weighted by Crippen LogP contribution is -2.11. The Morgan fingerprint density at radius 1 is 1.30 bits per heavy atom. The van der Waals surface area contributed by atoms with E-state index in [1.165, 1.54) is 38.5 Å². The van der Waals surface area contributed by atoms with Crippen LogP contribution in [0.25, 0.3) is 0 Å². The first-order valence-electron chi connectivity index (χ1n) is 7.59. The number of allylic oxidation sites excluding steroid dienone is 3. The second-order valence-corrected chi connectivity index (χ2v) is 5.51. The minimum Gasteiger partial charge on any atom is -0.485 e. The summed E-state index contributed by atoms with van der Waals surface area (Å²) in [4.78, 5) is 11.8. The van der Waals surface area contributed by atoms with Gasteiger partial charge in [0.1, 0.15) is 0 Å². The number of ketones is 1. The minimum absolute atomic E-state index is 0.0390. The van der Waals surface area contributed by atoms with E-state index in [-0.39, 0.29) is 5.78 Å². The SMILES string of the molecule is NCCC(=O)C1=CC(OCC2CCCCCC2)=C=C=C1. The number of hydrogen-bond donors (Lipinski definition) is 1. The summed E-state index contributed by atoms with van der Waals surface area (Å²) in [7, 11) is 0. The number of ether oxygens (including phenoxy) is 1. The molecule has 0 saturated heterocycles. The molecule has 108 valence electrons. The Morgan fingerprint density at radius 3 is 2.75 bits per heavy atom. The highest BCUT2D eigenvalue weighted by Crippen LogP contribution is 2.24. The van der Waals surface area contributed by atoms with Gasteiger partial charge in [0.2, 0.25) is 0 Å². The van der Waals surface area contributed by atoms with Crippen LogP contribution in [0.4, 0.5) is 0 Å². The van der Waals surface area contributed by atoms with Crippen LogP contribution in [0.15, 0.2) is 34.9 Å². The summed E-state index contributed by atoms with van der Waals surface area (Å²) in [6, 6.07) is 0. The lowest BCUT2D eigenvalue weighted by Gasteiger charge is -2.15. The van der Waals surface area contributed by atoms with E-state index in [9.17, 15) is 4.79 Å². The predicted molar refractivity (Wildman–Crippen MR) is 79.0 cm³/mol. The summed E-state index contributed by atoms with van der Waals surface area (Å²) >= 11 is 0. The third-order valence-corrected chi connectivity index (χ3v) is 3.85. The summed E-state index contributed by atoms with van der Waals surface area (Å²) in [6.45, 7) is 1.09. The fourth-order valence-electron chi connectivity index (χ4n) is 2.66. The van der Waals surface area contributed by atoms with Gasteiger partial charge in [0, 0.05) is 18.1 Å². The van der Waals surface area contributed by atoms with Gasteiger partial charge in [-0.15, -0.1) is 0 Å². The molecule has 0 atom stereocenters. The summed E-state index contributed by atoms with van der Waals surface area (Å²) in [5.74, 6) is 1.29. The van der Waals surface area contributed by atoms with Crippen molar-refractivity contribution in [3.05, 3.63) is 34.9 Å². The summed E-state index contributed by atoms with van der Waals surface area (Å²) < 4.78 is 5.80. The molecule has 0 bridgehead atoms. The van der Waals surface area contributed by atoms with Gasteiger partial charge in [-0.1, -0.05) is 31.4 Å². The van der Waals surface area contributed by atoms with Crippen LogP contribution < -0.4 is 5.73 Å². The molecule has 0 aromatic heterocycles. The number of carbonyl (C=O) groups is 1. The highest BCUT2D eigenvalue weighted by Gasteiger charge is 2.14. The van der Waals surface area contributed by atoms with E-state index in [1.807, 2.05) is 0 Å². The molecule has 3 heteroatoms. The van der Waals surface area contributed by atoms with E-state index < -0.39 is 0 Å². The first-order valence-corrected chi connectivity index (χ1v) is 7.59. The molecule has 2 aliphatic carbocycles. The molecular formula is C17H23NO2.